The van der Waals surface area contributed by atoms with Gasteiger partial charge in [0.25, 0.3) is 0 Å². The second kappa shape index (κ2) is 7.62. The van der Waals surface area contributed by atoms with Crippen LogP contribution in [0.5, 0.6) is 0 Å². The summed E-state index contributed by atoms with van der Waals surface area (Å²) in [6, 6.07) is 15.3. The number of rotatable bonds is 4. The van der Waals surface area contributed by atoms with Crippen LogP contribution in [0.3, 0.4) is 0 Å². The molecule has 3 rings (SSSR count). The average Bonchev–Trinajstić information content (AvgIpc) is 2.62. The molecule has 1 unspecified atom stereocenters. The van der Waals surface area contributed by atoms with E-state index >= 15 is 0 Å². The first-order valence-electron chi connectivity index (χ1n) is 8.32. The smallest absolute Gasteiger partial charge is 0.338 e. The van der Waals surface area contributed by atoms with Crippen LogP contribution < -0.4 is 10.2 Å². The highest BCUT2D eigenvalue weighted by Crippen LogP contribution is 2.36. The third-order valence-electron chi connectivity index (χ3n) is 4.21. The van der Waals surface area contributed by atoms with Gasteiger partial charge in [0.2, 0.25) is 0 Å². The van der Waals surface area contributed by atoms with Crippen molar-refractivity contribution in [3.63, 3.8) is 0 Å². The quantitative estimate of drug-likeness (QED) is 0.809. The number of hydrogen-bond donors (Lipinski definition) is 1. The van der Waals surface area contributed by atoms with Crippen LogP contribution in [-0.2, 0) is 9.53 Å². The maximum Gasteiger partial charge on any atom is 0.338 e. The van der Waals surface area contributed by atoms with Crippen molar-refractivity contribution in [1.82, 2.24) is 5.32 Å². The van der Waals surface area contributed by atoms with Gasteiger partial charge < -0.3 is 10.1 Å². The van der Waals surface area contributed by atoms with Gasteiger partial charge in [0.1, 0.15) is 0 Å². The summed E-state index contributed by atoms with van der Waals surface area (Å²) in [5, 5.41) is 3.36. The van der Waals surface area contributed by atoms with E-state index in [1.165, 1.54) is 4.90 Å². The number of hydrogen-bond acceptors (Lipinski definition) is 3. The summed E-state index contributed by atoms with van der Waals surface area (Å²) in [6.07, 6.45) is 0. The number of halogens is 1. The third kappa shape index (κ3) is 3.30. The topological polar surface area (TPSA) is 58.6 Å². The Hall–Kier alpha value is -2.79. The first-order valence-corrected chi connectivity index (χ1v) is 8.70. The molecule has 1 heterocycles. The van der Waals surface area contributed by atoms with Gasteiger partial charge >= 0.3 is 12.0 Å². The molecule has 0 aromatic heterocycles. The molecular weight excluding hydrogens is 352 g/mol. The van der Waals surface area contributed by atoms with Crippen LogP contribution in [0, 0.1) is 0 Å². The number of urea groups is 1. The van der Waals surface area contributed by atoms with E-state index in [9.17, 15) is 9.59 Å². The van der Waals surface area contributed by atoms with E-state index in [2.05, 4.69) is 5.32 Å². The molecular formula is C20H19ClN2O3. The summed E-state index contributed by atoms with van der Waals surface area (Å²) in [5.41, 5.74) is 2.20. The normalized spacial score (nSPS) is 17.1. The number of nitrogens with zero attached hydrogens (tertiary/aromatic N) is 1. The summed E-state index contributed by atoms with van der Waals surface area (Å²) < 4.78 is 5.24. The summed E-state index contributed by atoms with van der Waals surface area (Å²) in [4.78, 5) is 27.0. The van der Waals surface area contributed by atoms with Gasteiger partial charge in [-0.2, -0.15) is 0 Å². The zero-order valence-electron chi connectivity index (χ0n) is 14.5. The molecule has 0 bridgehead atoms. The van der Waals surface area contributed by atoms with E-state index < -0.39 is 12.0 Å². The van der Waals surface area contributed by atoms with Crippen LogP contribution in [0.4, 0.5) is 10.5 Å². The zero-order chi connectivity index (χ0) is 18.7. The molecule has 5 nitrogen and oxygen atoms in total. The fraction of sp³-hybridized carbons (Fsp3) is 0.200. The fourth-order valence-corrected chi connectivity index (χ4v) is 3.29. The Morgan fingerprint density at radius 2 is 1.81 bits per heavy atom. The van der Waals surface area contributed by atoms with E-state index in [4.69, 9.17) is 16.3 Å². The fourth-order valence-electron chi connectivity index (χ4n) is 3.05. The van der Waals surface area contributed by atoms with Crippen molar-refractivity contribution in [2.75, 3.05) is 11.5 Å². The lowest BCUT2D eigenvalue weighted by Crippen LogP contribution is -2.48. The van der Waals surface area contributed by atoms with E-state index in [0.717, 1.165) is 0 Å². The first kappa shape index (κ1) is 18.0. The first-order chi connectivity index (χ1) is 12.5. The number of anilines is 1. The second-order valence-electron chi connectivity index (χ2n) is 5.79. The molecule has 1 aliphatic rings. The molecule has 0 saturated carbocycles. The number of esters is 1. The molecule has 2 amide bonds. The van der Waals surface area contributed by atoms with Crippen molar-refractivity contribution in [1.29, 1.82) is 0 Å². The standard InChI is InChI=1S/C20H19ClN2O3/c1-3-26-19(24)17-13(2)23(14-9-5-4-6-10-14)20(25)22-18(17)15-11-7-8-12-16(15)21/h4-12,18H,3H2,1-2H3,(H,22,25). The molecule has 6 heteroatoms. The SMILES string of the molecule is CCOC(=O)C1=C(C)N(c2ccccc2)C(=O)NC1c1ccccc1Cl. The molecule has 26 heavy (non-hydrogen) atoms. The van der Waals surface area contributed by atoms with Gasteiger partial charge in [-0.3, -0.25) is 4.90 Å². The lowest BCUT2D eigenvalue weighted by atomic mass is 9.94. The zero-order valence-corrected chi connectivity index (χ0v) is 15.3. The van der Waals surface area contributed by atoms with Crippen molar-refractivity contribution >= 4 is 29.3 Å². The van der Waals surface area contributed by atoms with Gasteiger partial charge in [0.05, 0.1) is 23.9 Å². The van der Waals surface area contributed by atoms with Crippen LogP contribution >= 0.6 is 11.6 Å². The highest BCUT2D eigenvalue weighted by Gasteiger charge is 2.37. The number of carbonyl (C=O) groups excluding carboxylic acids is 2. The largest absolute Gasteiger partial charge is 0.463 e. The molecule has 1 aliphatic heterocycles. The predicted octanol–water partition coefficient (Wildman–Crippen LogP) is 4.45. The van der Waals surface area contributed by atoms with E-state index in [0.29, 0.717) is 27.5 Å². The molecule has 134 valence electrons. The number of para-hydroxylation sites is 1. The Balaban J connectivity index is 2.15. The minimum atomic E-state index is -0.671. The highest BCUT2D eigenvalue weighted by molar-refractivity contribution is 6.31. The Bertz CT molecular complexity index is 864. The molecule has 0 radical (unpaired) electrons. The molecule has 0 saturated heterocycles. The molecule has 1 N–H and O–H groups in total. The Kier molecular flexibility index (Phi) is 5.28. The minimum Gasteiger partial charge on any atom is -0.463 e. The highest BCUT2D eigenvalue weighted by atomic mass is 35.5. The number of ether oxygens (including phenoxy) is 1. The van der Waals surface area contributed by atoms with Crippen molar-refractivity contribution in [3.8, 4) is 0 Å². The summed E-state index contributed by atoms with van der Waals surface area (Å²) in [6.45, 7) is 3.72. The van der Waals surface area contributed by atoms with Crippen LogP contribution in [0.25, 0.3) is 0 Å². The molecule has 1 atom stereocenters. The maximum absolute atomic E-state index is 12.8. The third-order valence-corrected chi connectivity index (χ3v) is 4.55. The number of benzene rings is 2. The molecule has 0 fully saturated rings. The lowest BCUT2D eigenvalue weighted by Gasteiger charge is -2.35. The van der Waals surface area contributed by atoms with Gasteiger partial charge in [0.15, 0.2) is 0 Å². The van der Waals surface area contributed by atoms with Crippen molar-refractivity contribution < 1.29 is 14.3 Å². The van der Waals surface area contributed by atoms with Crippen molar-refractivity contribution in [2.24, 2.45) is 0 Å². The van der Waals surface area contributed by atoms with E-state index in [1.54, 1.807) is 32.0 Å². The molecule has 2 aromatic rings. The Morgan fingerprint density at radius 1 is 1.15 bits per heavy atom. The number of amides is 2. The number of allylic oxidation sites excluding steroid dienone is 1. The monoisotopic (exact) mass is 370 g/mol. The molecule has 0 aliphatic carbocycles. The Morgan fingerprint density at radius 3 is 2.46 bits per heavy atom. The van der Waals surface area contributed by atoms with Gasteiger partial charge in [0, 0.05) is 10.7 Å². The lowest BCUT2D eigenvalue weighted by molar-refractivity contribution is -0.139. The Labute approximate surface area is 157 Å². The average molecular weight is 371 g/mol. The van der Waals surface area contributed by atoms with Gasteiger partial charge in [-0.15, -0.1) is 0 Å². The number of carbonyl (C=O) groups is 2. The summed E-state index contributed by atoms with van der Waals surface area (Å²) in [7, 11) is 0. The molecule has 2 aromatic carbocycles. The van der Waals surface area contributed by atoms with Crippen LogP contribution in [0.15, 0.2) is 65.9 Å². The minimum absolute atomic E-state index is 0.240. The molecule has 0 spiro atoms. The summed E-state index contributed by atoms with van der Waals surface area (Å²) in [5.74, 6) is -0.476. The van der Waals surface area contributed by atoms with Crippen LogP contribution in [0.1, 0.15) is 25.5 Å². The van der Waals surface area contributed by atoms with E-state index in [1.807, 2.05) is 36.4 Å². The van der Waals surface area contributed by atoms with E-state index in [-0.39, 0.29) is 12.6 Å². The number of nitrogens with one attached hydrogen (secondary N) is 1. The van der Waals surface area contributed by atoms with Crippen molar-refractivity contribution in [2.45, 2.75) is 19.9 Å². The van der Waals surface area contributed by atoms with Crippen LogP contribution in [0.2, 0.25) is 5.02 Å². The summed E-state index contributed by atoms with van der Waals surface area (Å²) >= 11 is 6.31. The van der Waals surface area contributed by atoms with Gasteiger partial charge in [-0.25, -0.2) is 9.59 Å². The second-order valence-corrected chi connectivity index (χ2v) is 6.20. The van der Waals surface area contributed by atoms with Gasteiger partial charge in [-0.05, 0) is 37.6 Å². The predicted molar refractivity (Wildman–Crippen MR) is 101 cm³/mol. The van der Waals surface area contributed by atoms with Gasteiger partial charge in [-0.1, -0.05) is 48.0 Å². The maximum atomic E-state index is 12.8. The van der Waals surface area contributed by atoms with Crippen LogP contribution in [-0.4, -0.2) is 18.6 Å². The van der Waals surface area contributed by atoms with Crippen molar-refractivity contribution in [3.05, 3.63) is 76.5 Å².